The van der Waals surface area contributed by atoms with Crippen LogP contribution in [0, 0.1) is 5.92 Å². The van der Waals surface area contributed by atoms with Gasteiger partial charge in [0.25, 0.3) is 5.91 Å². The number of hydrogen-bond donors (Lipinski definition) is 1. The molecule has 8 heteroatoms. The second-order valence-corrected chi connectivity index (χ2v) is 6.14. The molecule has 6 nitrogen and oxygen atoms in total. The summed E-state index contributed by atoms with van der Waals surface area (Å²) in [4.78, 5) is 28.1. The lowest BCUT2D eigenvalue weighted by atomic mass is 10.0. The topological polar surface area (TPSA) is 75.9 Å². The maximum atomic E-state index is 12.6. The maximum Gasteiger partial charge on any atom is 0.387 e. The van der Waals surface area contributed by atoms with Gasteiger partial charge in [0.05, 0.1) is 11.5 Å². The van der Waals surface area contributed by atoms with Crippen molar-refractivity contribution in [3.05, 3.63) is 29.8 Å². The lowest BCUT2D eigenvalue weighted by molar-refractivity contribution is -0.137. The van der Waals surface area contributed by atoms with Gasteiger partial charge in [-0.25, -0.2) is 0 Å². The predicted molar refractivity (Wildman–Crippen MR) is 88.4 cm³/mol. The Morgan fingerprint density at radius 1 is 1.08 bits per heavy atom. The Labute approximate surface area is 145 Å². The molecule has 25 heavy (non-hydrogen) atoms. The first-order chi connectivity index (χ1) is 11.8. The fourth-order valence-electron chi connectivity index (χ4n) is 2.66. The Bertz CT molecular complexity index is 617. The van der Waals surface area contributed by atoms with Gasteiger partial charge in [-0.15, -0.1) is 0 Å². The minimum atomic E-state index is -3.00. The minimum Gasteiger partial charge on any atom is -0.434 e. The van der Waals surface area contributed by atoms with E-state index < -0.39 is 6.61 Å². The van der Waals surface area contributed by atoms with Crippen molar-refractivity contribution in [3.63, 3.8) is 0 Å². The first kappa shape index (κ1) is 19.1. The lowest BCUT2D eigenvalue weighted by Crippen LogP contribution is -2.53. The first-order valence-electron chi connectivity index (χ1n) is 8.18. The molecule has 0 saturated carbocycles. The van der Waals surface area contributed by atoms with Gasteiger partial charge < -0.3 is 20.3 Å². The number of ether oxygens (including phenoxy) is 1. The van der Waals surface area contributed by atoms with Crippen molar-refractivity contribution in [3.8, 4) is 5.75 Å². The second-order valence-electron chi connectivity index (χ2n) is 6.14. The third-order valence-corrected chi connectivity index (χ3v) is 4.39. The molecule has 1 aliphatic heterocycles. The summed E-state index contributed by atoms with van der Waals surface area (Å²) in [6.07, 6.45) is 0. The smallest absolute Gasteiger partial charge is 0.387 e. The van der Waals surface area contributed by atoms with E-state index in [0.717, 1.165) is 0 Å². The third-order valence-electron chi connectivity index (χ3n) is 4.39. The molecular formula is C17H23F2N3O3. The largest absolute Gasteiger partial charge is 0.434 e. The summed E-state index contributed by atoms with van der Waals surface area (Å²) in [6.45, 7) is 2.01. The summed E-state index contributed by atoms with van der Waals surface area (Å²) in [5.74, 6) is -0.860. The van der Waals surface area contributed by atoms with Crippen LogP contribution in [0.5, 0.6) is 5.75 Å². The van der Waals surface area contributed by atoms with E-state index in [4.69, 9.17) is 5.73 Å². The number of piperazine rings is 1. The van der Waals surface area contributed by atoms with E-state index >= 15 is 0 Å². The van der Waals surface area contributed by atoms with Crippen molar-refractivity contribution in [1.82, 2.24) is 9.80 Å². The molecule has 0 radical (unpaired) electrons. The summed E-state index contributed by atoms with van der Waals surface area (Å²) in [7, 11) is 0. The van der Waals surface area contributed by atoms with Crippen LogP contribution in [0.25, 0.3) is 0 Å². The molecule has 1 fully saturated rings. The van der Waals surface area contributed by atoms with Gasteiger partial charge in [-0.1, -0.05) is 19.1 Å². The summed E-state index contributed by atoms with van der Waals surface area (Å²) < 4.78 is 29.4. The van der Waals surface area contributed by atoms with E-state index in [2.05, 4.69) is 4.74 Å². The van der Waals surface area contributed by atoms with Crippen LogP contribution in [-0.4, -0.2) is 60.4 Å². The molecule has 1 aliphatic rings. The van der Waals surface area contributed by atoms with Crippen molar-refractivity contribution in [2.45, 2.75) is 26.5 Å². The maximum absolute atomic E-state index is 12.6. The highest BCUT2D eigenvalue weighted by molar-refractivity contribution is 5.97. The van der Waals surface area contributed by atoms with E-state index in [-0.39, 0.29) is 35.1 Å². The highest BCUT2D eigenvalue weighted by atomic mass is 19.3. The number of carbonyl (C=O) groups excluding carboxylic acids is 2. The zero-order valence-corrected chi connectivity index (χ0v) is 14.3. The van der Waals surface area contributed by atoms with E-state index in [1.54, 1.807) is 24.8 Å². The van der Waals surface area contributed by atoms with Crippen LogP contribution in [0.2, 0.25) is 0 Å². The number of alkyl halides is 2. The van der Waals surface area contributed by atoms with E-state index in [1.165, 1.54) is 23.1 Å². The first-order valence-corrected chi connectivity index (χ1v) is 8.18. The van der Waals surface area contributed by atoms with Crippen molar-refractivity contribution < 1.29 is 23.1 Å². The van der Waals surface area contributed by atoms with Crippen LogP contribution in [0.3, 0.4) is 0 Å². The van der Waals surface area contributed by atoms with E-state index in [0.29, 0.717) is 26.2 Å². The highest BCUT2D eigenvalue weighted by Gasteiger charge is 2.29. The minimum absolute atomic E-state index is 0.0384. The van der Waals surface area contributed by atoms with Gasteiger partial charge in [-0.3, -0.25) is 9.59 Å². The molecule has 1 aromatic carbocycles. The molecule has 2 N–H and O–H groups in total. The quantitative estimate of drug-likeness (QED) is 0.870. The van der Waals surface area contributed by atoms with Crippen LogP contribution in [0.15, 0.2) is 24.3 Å². The summed E-state index contributed by atoms with van der Waals surface area (Å²) in [5.41, 5.74) is 5.85. The average Bonchev–Trinajstić information content (AvgIpc) is 2.60. The molecule has 0 bridgehead atoms. The molecule has 1 saturated heterocycles. The monoisotopic (exact) mass is 355 g/mol. The number of amides is 2. The zero-order chi connectivity index (χ0) is 18.6. The van der Waals surface area contributed by atoms with E-state index in [9.17, 15) is 18.4 Å². The number of halogens is 2. The number of nitrogens with zero attached hydrogens (tertiary/aromatic N) is 2. The normalized spacial score (nSPS) is 17.4. The van der Waals surface area contributed by atoms with Gasteiger partial charge in [-0.2, -0.15) is 8.78 Å². The number of carbonyl (C=O) groups is 2. The number of para-hydroxylation sites is 1. The van der Waals surface area contributed by atoms with Crippen molar-refractivity contribution in [2.24, 2.45) is 11.7 Å². The predicted octanol–water partition coefficient (Wildman–Crippen LogP) is 1.56. The molecule has 1 aromatic rings. The van der Waals surface area contributed by atoms with E-state index in [1.807, 2.05) is 0 Å². The Morgan fingerprint density at radius 3 is 2.20 bits per heavy atom. The molecule has 138 valence electrons. The number of nitrogens with two attached hydrogens (primary N) is 1. The van der Waals surface area contributed by atoms with Crippen molar-refractivity contribution in [2.75, 3.05) is 26.2 Å². The summed E-state index contributed by atoms with van der Waals surface area (Å²) >= 11 is 0. The zero-order valence-electron chi connectivity index (χ0n) is 14.3. The molecule has 0 aliphatic carbocycles. The molecule has 2 atom stereocenters. The van der Waals surface area contributed by atoms with Crippen LogP contribution in [-0.2, 0) is 4.79 Å². The second kappa shape index (κ2) is 8.24. The lowest BCUT2D eigenvalue weighted by Gasteiger charge is -2.36. The molecular weight excluding hydrogens is 332 g/mol. The van der Waals surface area contributed by atoms with Gasteiger partial charge in [-0.05, 0) is 19.1 Å². The number of benzene rings is 1. The van der Waals surface area contributed by atoms with Gasteiger partial charge in [0.1, 0.15) is 5.75 Å². The molecule has 2 amide bonds. The van der Waals surface area contributed by atoms with Gasteiger partial charge in [0.2, 0.25) is 5.91 Å². The molecule has 1 heterocycles. The summed E-state index contributed by atoms with van der Waals surface area (Å²) in [5, 5.41) is 0. The van der Waals surface area contributed by atoms with Crippen LogP contribution >= 0.6 is 0 Å². The van der Waals surface area contributed by atoms with Gasteiger partial charge >= 0.3 is 6.61 Å². The highest BCUT2D eigenvalue weighted by Crippen LogP contribution is 2.22. The van der Waals surface area contributed by atoms with Crippen LogP contribution < -0.4 is 10.5 Å². The third kappa shape index (κ3) is 4.66. The van der Waals surface area contributed by atoms with Crippen LogP contribution in [0.1, 0.15) is 24.2 Å². The SMILES string of the molecule is CC(N)C(C)C(=O)N1CCN(C(=O)c2ccccc2OC(F)F)CC1. The summed E-state index contributed by atoms with van der Waals surface area (Å²) in [6, 6.07) is 5.67. The average molecular weight is 355 g/mol. The Morgan fingerprint density at radius 2 is 1.64 bits per heavy atom. The molecule has 0 spiro atoms. The molecule has 0 aromatic heterocycles. The Kier molecular flexibility index (Phi) is 6.30. The van der Waals surface area contributed by atoms with Crippen molar-refractivity contribution in [1.29, 1.82) is 0 Å². The fraction of sp³-hybridized carbons (Fsp3) is 0.529. The number of rotatable bonds is 5. The van der Waals surface area contributed by atoms with Crippen molar-refractivity contribution >= 4 is 11.8 Å². The van der Waals surface area contributed by atoms with Crippen LogP contribution in [0.4, 0.5) is 8.78 Å². The molecule has 2 unspecified atom stereocenters. The Balaban J connectivity index is 2.01. The Hall–Kier alpha value is -2.22. The number of hydrogen-bond acceptors (Lipinski definition) is 4. The standard InChI is InChI=1S/C17H23F2N3O3/c1-11(12(2)20)15(23)21-7-9-22(10-8-21)16(24)13-5-3-4-6-14(13)25-17(18)19/h3-6,11-12,17H,7-10,20H2,1-2H3. The molecule has 2 rings (SSSR count). The van der Waals surface area contributed by atoms with Gasteiger partial charge in [0.15, 0.2) is 0 Å². The van der Waals surface area contributed by atoms with Gasteiger partial charge in [0, 0.05) is 32.2 Å². The fourth-order valence-corrected chi connectivity index (χ4v) is 2.66.